The molecule has 140 valence electrons. The number of nitrogens with one attached hydrogen (secondary N) is 1. The van der Waals surface area contributed by atoms with E-state index in [1.807, 2.05) is 24.3 Å². The molecule has 0 atom stereocenters. The van der Waals surface area contributed by atoms with Crippen LogP contribution in [0.2, 0.25) is 0 Å². The molecule has 8 heteroatoms. The van der Waals surface area contributed by atoms with Gasteiger partial charge in [0.05, 0.1) is 5.69 Å². The molecular formula is C20H15F2N5O. The Kier molecular flexibility index (Phi) is 4.92. The van der Waals surface area contributed by atoms with Crippen LogP contribution in [0.5, 0.6) is 11.5 Å². The highest BCUT2D eigenvalue weighted by Crippen LogP contribution is 2.24. The Morgan fingerprint density at radius 2 is 1.75 bits per heavy atom. The van der Waals surface area contributed by atoms with Gasteiger partial charge >= 0.3 is 0 Å². The quantitative estimate of drug-likeness (QED) is 0.540. The summed E-state index contributed by atoms with van der Waals surface area (Å²) in [6, 6.07) is 14.0. The van der Waals surface area contributed by atoms with Gasteiger partial charge in [0.2, 0.25) is 0 Å². The highest BCUT2D eigenvalue weighted by molar-refractivity contribution is 5.56. The number of aromatic nitrogens is 4. The summed E-state index contributed by atoms with van der Waals surface area (Å²) in [4.78, 5) is 8.26. The van der Waals surface area contributed by atoms with Crippen LogP contribution in [0.25, 0.3) is 5.82 Å². The van der Waals surface area contributed by atoms with Crippen LogP contribution in [-0.2, 0) is 6.54 Å². The third-order valence-corrected chi connectivity index (χ3v) is 3.90. The van der Waals surface area contributed by atoms with E-state index in [1.165, 1.54) is 6.33 Å². The van der Waals surface area contributed by atoms with Gasteiger partial charge in [0.15, 0.2) is 5.82 Å². The van der Waals surface area contributed by atoms with Gasteiger partial charge in [0.1, 0.15) is 35.8 Å². The van der Waals surface area contributed by atoms with E-state index in [0.29, 0.717) is 18.1 Å². The van der Waals surface area contributed by atoms with Crippen LogP contribution in [0, 0.1) is 11.6 Å². The van der Waals surface area contributed by atoms with Gasteiger partial charge in [-0.2, -0.15) is 5.10 Å². The molecule has 0 saturated carbocycles. The van der Waals surface area contributed by atoms with Crippen molar-refractivity contribution in [1.29, 1.82) is 0 Å². The van der Waals surface area contributed by atoms with E-state index in [4.69, 9.17) is 4.74 Å². The van der Waals surface area contributed by atoms with E-state index in [1.54, 1.807) is 29.3 Å². The van der Waals surface area contributed by atoms with Crippen molar-refractivity contribution in [3.8, 4) is 17.3 Å². The third-order valence-electron chi connectivity index (χ3n) is 3.90. The summed E-state index contributed by atoms with van der Waals surface area (Å²) in [5, 5.41) is 7.41. The fourth-order valence-electron chi connectivity index (χ4n) is 2.63. The number of nitrogens with zero attached hydrogens (tertiary/aromatic N) is 4. The number of hydrogen-bond acceptors (Lipinski definition) is 5. The summed E-state index contributed by atoms with van der Waals surface area (Å²) in [5.41, 5.74) is 1.80. The van der Waals surface area contributed by atoms with Gasteiger partial charge in [-0.1, -0.05) is 12.1 Å². The Morgan fingerprint density at radius 3 is 2.46 bits per heavy atom. The second-order valence-corrected chi connectivity index (χ2v) is 5.92. The Hall–Kier alpha value is -3.81. The smallest absolute Gasteiger partial charge is 0.178 e. The summed E-state index contributed by atoms with van der Waals surface area (Å²) in [6.45, 7) is 0.544. The van der Waals surface area contributed by atoms with E-state index < -0.39 is 11.6 Å². The van der Waals surface area contributed by atoms with Gasteiger partial charge in [-0.3, -0.25) is 0 Å². The minimum Gasteiger partial charge on any atom is -0.457 e. The topological polar surface area (TPSA) is 64.9 Å². The Bertz CT molecular complexity index is 1050. The van der Waals surface area contributed by atoms with Crippen LogP contribution in [0.15, 0.2) is 73.4 Å². The average molecular weight is 379 g/mol. The van der Waals surface area contributed by atoms with Crippen molar-refractivity contribution >= 4 is 5.69 Å². The number of halogens is 2. The van der Waals surface area contributed by atoms with Crippen LogP contribution in [-0.4, -0.2) is 19.7 Å². The van der Waals surface area contributed by atoms with Gasteiger partial charge in [-0.15, -0.1) is 0 Å². The molecule has 2 aromatic carbocycles. The van der Waals surface area contributed by atoms with E-state index in [9.17, 15) is 8.78 Å². The molecule has 0 unspecified atom stereocenters. The average Bonchev–Trinajstić information content (AvgIpc) is 3.21. The molecule has 0 amide bonds. The monoisotopic (exact) mass is 379 g/mol. The molecule has 0 fully saturated rings. The first-order valence-corrected chi connectivity index (χ1v) is 8.44. The van der Waals surface area contributed by atoms with Crippen LogP contribution in [0.4, 0.5) is 14.5 Å². The van der Waals surface area contributed by atoms with Gasteiger partial charge < -0.3 is 10.1 Å². The number of ether oxygens (including phenoxy) is 1. The van der Waals surface area contributed by atoms with E-state index in [-0.39, 0.29) is 5.75 Å². The Morgan fingerprint density at radius 1 is 0.964 bits per heavy atom. The van der Waals surface area contributed by atoms with Gasteiger partial charge in [0.25, 0.3) is 0 Å². The maximum Gasteiger partial charge on any atom is 0.178 e. The minimum absolute atomic E-state index is 0.108. The molecule has 0 radical (unpaired) electrons. The molecule has 28 heavy (non-hydrogen) atoms. The van der Waals surface area contributed by atoms with Crippen molar-refractivity contribution in [2.24, 2.45) is 0 Å². The predicted molar refractivity (Wildman–Crippen MR) is 99.4 cm³/mol. The van der Waals surface area contributed by atoms with Crippen molar-refractivity contribution < 1.29 is 13.5 Å². The highest BCUT2D eigenvalue weighted by Gasteiger charge is 2.07. The fraction of sp³-hybridized carbons (Fsp3) is 0.0500. The molecule has 0 saturated heterocycles. The second kappa shape index (κ2) is 7.83. The standard InChI is InChI=1S/C20H15F2N5O/c21-15-8-16(22)10-18(9-15)28-17-5-3-14(4-6-17)11-25-19-2-1-7-24-20(19)27-13-23-12-26-27/h1-10,12-13,25H,11H2. The zero-order chi connectivity index (χ0) is 19.3. The van der Waals surface area contributed by atoms with E-state index >= 15 is 0 Å². The molecule has 4 rings (SSSR count). The lowest BCUT2D eigenvalue weighted by molar-refractivity contribution is 0.468. The lowest BCUT2D eigenvalue weighted by Crippen LogP contribution is -2.06. The lowest BCUT2D eigenvalue weighted by atomic mass is 10.2. The molecule has 0 aliphatic heterocycles. The summed E-state index contributed by atoms with van der Waals surface area (Å²) in [7, 11) is 0. The molecule has 0 bridgehead atoms. The van der Waals surface area contributed by atoms with Gasteiger partial charge in [-0.05, 0) is 29.8 Å². The Labute approximate surface area is 159 Å². The van der Waals surface area contributed by atoms with Crippen molar-refractivity contribution in [2.45, 2.75) is 6.54 Å². The summed E-state index contributed by atoms with van der Waals surface area (Å²) in [5.74, 6) is -0.131. The second-order valence-electron chi connectivity index (χ2n) is 5.92. The molecule has 2 heterocycles. The number of hydrogen-bond donors (Lipinski definition) is 1. The molecular weight excluding hydrogens is 364 g/mol. The molecule has 4 aromatic rings. The molecule has 0 spiro atoms. The van der Waals surface area contributed by atoms with Crippen molar-refractivity contribution in [3.05, 3.63) is 90.6 Å². The summed E-state index contributed by atoms with van der Waals surface area (Å²) >= 11 is 0. The molecule has 6 nitrogen and oxygen atoms in total. The fourth-order valence-corrected chi connectivity index (χ4v) is 2.63. The normalized spacial score (nSPS) is 10.6. The zero-order valence-electron chi connectivity index (χ0n) is 14.6. The minimum atomic E-state index is -0.685. The first kappa shape index (κ1) is 17.6. The predicted octanol–water partition coefficient (Wildman–Crippen LogP) is 4.34. The van der Waals surface area contributed by atoms with Crippen molar-refractivity contribution in [3.63, 3.8) is 0 Å². The first-order chi connectivity index (χ1) is 13.7. The number of pyridine rings is 1. The van der Waals surface area contributed by atoms with Crippen LogP contribution < -0.4 is 10.1 Å². The third kappa shape index (κ3) is 4.12. The molecule has 1 N–H and O–H groups in total. The lowest BCUT2D eigenvalue weighted by Gasteiger charge is -2.11. The Balaban J connectivity index is 1.43. The summed E-state index contributed by atoms with van der Waals surface area (Å²) in [6.07, 6.45) is 4.71. The van der Waals surface area contributed by atoms with Crippen LogP contribution >= 0.6 is 0 Å². The van der Waals surface area contributed by atoms with Crippen molar-refractivity contribution in [2.75, 3.05) is 5.32 Å². The number of rotatable bonds is 6. The van der Waals surface area contributed by atoms with Crippen LogP contribution in [0.3, 0.4) is 0 Å². The molecule has 0 aliphatic rings. The largest absolute Gasteiger partial charge is 0.457 e. The van der Waals surface area contributed by atoms with Crippen molar-refractivity contribution in [1.82, 2.24) is 19.7 Å². The maximum atomic E-state index is 13.2. The van der Waals surface area contributed by atoms with E-state index in [0.717, 1.165) is 29.4 Å². The van der Waals surface area contributed by atoms with Crippen LogP contribution in [0.1, 0.15) is 5.56 Å². The van der Waals surface area contributed by atoms with Gasteiger partial charge in [-0.25, -0.2) is 23.4 Å². The summed E-state index contributed by atoms with van der Waals surface area (Å²) < 4.78 is 33.6. The first-order valence-electron chi connectivity index (χ1n) is 8.44. The zero-order valence-corrected chi connectivity index (χ0v) is 14.6. The SMILES string of the molecule is Fc1cc(F)cc(Oc2ccc(CNc3cccnc3-n3cncn3)cc2)c1. The molecule has 2 aromatic heterocycles. The highest BCUT2D eigenvalue weighted by atomic mass is 19.1. The molecule has 0 aliphatic carbocycles. The maximum absolute atomic E-state index is 13.2. The van der Waals surface area contributed by atoms with Gasteiger partial charge in [0, 0.05) is 30.9 Å². The van der Waals surface area contributed by atoms with E-state index in [2.05, 4.69) is 20.4 Å². The number of anilines is 1. The number of benzene rings is 2.